The Morgan fingerprint density at radius 3 is 1.92 bits per heavy atom. The molecule has 0 heterocycles. The third kappa shape index (κ3) is 19.1. The molecule has 0 aromatic heterocycles. The van der Waals surface area contributed by atoms with Crippen molar-refractivity contribution < 1.29 is 17.5 Å². The molecule has 0 unspecified atom stereocenters. The monoisotopic (exact) mass is 360 g/mol. The van der Waals surface area contributed by atoms with Crippen molar-refractivity contribution in [2.75, 3.05) is 26.9 Å². The number of quaternary nitrogens is 1. The summed E-state index contributed by atoms with van der Waals surface area (Å²) in [5.41, 5.74) is 1.45. The fourth-order valence-corrected chi connectivity index (χ4v) is 2.48. The summed E-state index contributed by atoms with van der Waals surface area (Å²) in [5.74, 6) is 0. The minimum Gasteiger partial charge on any atom is -0.325 e. The van der Waals surface area contributed by atoms with E-state index >= 15 is 0 Å². The Balaban J connectivity index is 0. The lowest BCUT2D eigenvalue weighted by Crippen LogP contribution is -2.39. The van der Waals surface area contributed by atoms with Gasteiger partial charge in [0.25, 0.3) is 10.1 Å². The first-order chi connectivity index (χ1) is 10.6. The van der Waals surface area contributed by atoms with Crippen LogP contribution in [0.25, 0.3) is 0 Å². The molecule has 0 aliphatic rings. The zero-order valence-electron chi connectivity index (χ0n) is 15.2. The predicted octanol–water partition coefficient (Wildman–Crippen LogP) is 4.76. The molecule has 0 aliphatic heterocycles. The number of hydrogen-bond donors (Lipinski definition) is 1. The van der Waals surface area contributed by atoms with Crippen molar-refractivity contribution in [3.63, 3.8) is 0 Å². The van der Waals surface area contributed by atoms with E-state index in [1.807, 2.05) is 0 Å². The van der Waals surface area contributed by atoms with Crippen LogP contribution in [0.15, 0.2) is 30.3 Å². The van der Waals surface area contributed by atoms with Crippen molar-refractivity contribution in [2.24, 2.45) is 0 Å². The van der Waals surface area contributed by atoms with Crippen molar-refractivity contribution >= 4 is 10.1 Å². The molecule has 0 aliphatic carbocycles. The average molecular weight is 361 g/mol. The molecule has 5 heteroatoms. The van der Waals surface area contributed by atoms with E-state index in [1.165, 1.54) is 50.6 Å². The molecular formula is C19H38NO3S+. The van der Waals surface area contributed by atoms with Crippen LogP contribution in [0, 0.1) is 0 Å². The maximum Gasteiger partial charge on any atom is 0.261 e. The van der Waals surface area contributed by atoms with Crippen LogP contribution in [0.3, 0.4) is 0 Å². The largest absolute Gasteiger partial charge is 0.325 e. The maximum absolute atomic E-state index is 9.19. The van der Waals surface area contributed by atoms with E-state index in [1.54, 1.807) is 0 Å². The zero-order valence-corrected chi connectivity index (χ0v) is 16.0. The number of rotatable bonds is 9. The van der Waals surface area contributed by atoms with E-state index < -0.39 is 10.1 Å². The van der Waals surface area contributed by atoms with Gasteiger partial charge in [-0.1, -0.05) is 70.4 Å². The molecular weight excluding hydrogens is 322 g/mol. The molecule has 0 spiro atoms. The van der Waals surface area contributed by atoms with Gasteiger partial charge >= 0.3 is 0 Å². The van der Waals surface area contributed by atoms with Gasteiger partial charge in [-0.3, -0.25) is 4.55 Å². The highest BCUT2D eigenvalue weighted by Gasteiger charge is 2.14. The molecule has 1 rings (SSSR count). The Labute approximate surface area is 150 Å². The normalized spacial score (nSPS) is 11.2. The third-order valence-electron chi connectivity index (χ3n) is 3.57. The van der Waals surface area contributed by atoms with Crippen molar-refractivity contribution in [1.82, 2.24) is 0 Å². The van der Waals surface area contributed by atoms with Gasteiger partial charge in [-0.15, -0.1) is 0 Å². The molecule has 0 amide bonds. The Morgan fingerprint density at radius 2 is 1.42 bits per heavy atom. The smallest absolute Gasteiger partial charge is 0.261 e. The highest BCUT2D eigenvalue weighted by Crippen LogP contribution is 2.12. The van der Waals surface area contributed by atoms with E-state index in [2.05, 4.69) is 51.4 Å². The zero-order chi connectivity index (χ0) is 17.8. The van der Waals surface area contributed by atoms with Crippen LogP contribution in [0.5, 0.6) is 0 Å². The first-order valence-electron chi connectivity index (χ1n) is 8.42. The van der Waals surface area contributed by atoms with E-state index in [9.17, 15) is 8.42 Å². The van der Waals surface area contributed by atoms with Gasteiger partial charge in [-0.2, -0.15) is 8.42 Å². The lowest BCUT2D eigenvalue weighted by atomic mass is 10.1. The standard InChI is InChI=1S/C17H30N.CH4O3S.CH4/c1-4-5-6-7-8-12-15-18(2,3)16-17-13-10-9-11-14-17;1-5(2,3)4;/h9-11,13-14H,4-8,12,15-16H2,1-3H3;1H3,(H,2,3,4);1H4/q+1;;. The van der Waals surface area contributed by atoms with Gasteiger partial charge in [-0.25, -0.2) is 0 Å². The first-order valence-corrected chi connectivity index (χ1v) is 10.3. The first kappa shape index (κ1) is 25.3. The van der Waals surface area contributed by atoms with E-state index in [-0.39, 0.29) is 7.43 Å². The molecule has 0 bridgehead atoms. The van der Waals surface area contributed by atoms with Gasteiger partial charge in [0.1, 0.15) is 6.54 Å². The molecule has 0 atom stereocenters. The summed E-state index contributed by atoms with van der Waals surface area (Å²) < 4.78 is 27.0. The molecule has 142 valence electrons. The molecule has 1 N–H and O–H groups in total. The molecule has 0 saturated heterocycles. The molecule has 1 aromatic carbocycles. The quantitative estimate of drug-likeness (QED) is 0.392. The fraction of sp³-hybridized carbons (Fsp3) is 0.684. The molecule has 4 nitrogen and oxygen atoms in total. The van der Waals surface area contributed by atoms with E-state index in [0.29, 0.717) is 6.26 Å². The summed E-state index contributed by atoms with van der Waals surface area (Å²) >= 11 is 0. The van der Waals surface area contributed by atoms with Gasteiger partial charge in [0.2, 0.25) is 0 Å². The topological polar surface area (TPSA) is 54.4 Å². The summed E-state index contributed by atoms with van der Waals surface area (Å²) in [6.07, 6.45) is 9.06. The minimum absolute atomic E-state index is 0. The summed E-state index contributed by atoms with van der Waals surface area (Å²) in [6, 6.07) is 10.8. The Kier molecular flexibility index (Phi) is 14.1. The van der Waals surface area contributed by atoms with Crippen LogP contribution in [0.2, 0.25) is 0 Å². The Morgan fingerprint density at radius 1 is 0.958 bits per heavy atom. The van der Waals surface area contributed by atoms with Crippen LogP contribution in [-0.4, -0.2) is 44.3 Å². The summed E-state index contributed by atoms with van der Waals surface area (Å²) in [5, 5.41) is 0. The predicted molar refractivity (Wildman–Crippen MR) is 105 cm³/mol. The SMILES string of the molecule is C.CCCCCCCC[N+](C)(C)Cc1ccccc1.CS(=O)(=O)O. The lowest BCUT2D eigenvalue weighted by molar-refractivity contribution is -0.903. The van der Waals surface area contributed by atoms with Crippen LogP contribution in [0.4, 0.5) is 0 Å². The van der Waals surface area contributed by atoms with E-state index in [4.69, 9.17) is 4.55 Å². The highest BCUT2D eigenvalue weighted by atomic mass is 32.2. The number of nitrogens with zero attached hydrogens (tertiary/aromatic N) is 1. The van der Waals surface area contributed by atoms with Gasteiger partial charge in [0.05, 0.1) is 26.9 Å². The molecule has 24 heavy (non-hydrogen) atoms. The van der Waals surface area contributed by atoms with Crippen LogP contribution >= 0.6 is 0 Å². The summed E-state index contributed by atoms with van der Waals surface area (Å²) in [4.78, 5) is 0. The van der Waals surface area contributed by atoms with Crippen molar-refractivity contribution in [3.8, 4) is 0 Å². The van der Waals surface area contributed by atoms with Gasteiger partial charge < -0.3 is 4.48 Å². The average Bonchev–Trinajstić information content (AvgIpc) is 2.41. The minimum atomic E-state index is -3.67. The number of unbranched alkanes of at least 4 members (excludes halogenated alkanes) is 5. The van der Waals surface area contributed by atoms with Crippen molar-refractivity contribution in [2.45, 2.75) is 59.4 Å². The molecule has 1 aromatic rings. The van der Waals surface area contributed by atoms with Crippen LogP contribution in [0.1, 0.15) is 58.4 Å². The second-order valence-electron chi connectivity index (χ2n) is 6.80. The second kappa shape index (κ2) is 13.4. The lowest BCUT2D eigenvalue weighted by Gasteiger charge is -2.30. The summed E-state index contributed by atoms with van der Waals surface area (Å²) in [6.45, 7) is 4.72. The van der Waals surface area contributed by atoms with Crippen molar-refractivity contribution in [1.29, 1.82) is 0 Å². The van der Waals surface area contributed by atoms with E-state index in [0.717, 1.165) is 11.0 Å². The molecule has 0 radical (unpaired) electrons. The van der Waals surface area contributed by atoms with Gasteiger partial charge in [0, 0.05) is 5.56 Å². The fourth-order valence-electron chi connectivity index (χ4n) is 2.48. The highest BCUT2D eigenvalue weighted by molar-refractivity contribution is 7.85. The molecule has 0 saturated carbocycles. The number of hydrogen-bond acceptors (Lipinski definition) is 2. The Hall–Kier alpha value is -0.910. The van der Waals surface area contributed by atoms with Gasteiger partial charge in [-0.05, 0) is 12.8 Å². The number of benzene rings is 1. The molecule has 0 fully saturated rings. The maximum atomic E-state index is 9.19. The Bertz CT molecular complexity index is 491. The van der Waals surface area contributed by atoms with Crippen LogP contribution < -0.4 is 0 Å². The second-order valence-corrected chi connectivity index (χ2v) is 8.27. The summed E-state index contributed by atoms with van der Waals surface area (Å²) in [7, 11) is 1.03. The third-order valence-corrected chi connectivity index (χ3v) is 3.57. The van der Waals surface area contributed by atoms with Gasteiger partial charge in [0.15, 0.2) is 0 Å². The van der Waals surface area contributed by atoms with Crippen molar-refractivity contribution in [3.05, 3.63) is 35.9 Å². The van der Waals surface area contributed by atoms with Crippen LogP contribution in [-0.2, 0) is 16.7 Å².